The molecule has 16 heavy (non-hydrogen) atoms. The number of benzene rings is 1. The number of ether oxygens (including phenoxy) is 1. The van der Waals surface area contributed by atoms with Crippen molar-refractivity contribution in [1.82, 2.24) is 0 Å². The van der Waals surface area contributed by atoms with E-state index in [0.29, 0.717) is 15.9 Å². The number of hydrogen-bond acceptors (Lipinski definition) is 2. The van der Waals surface area contributed by atoms with Gasteiger partial charge in [0, 0.05) is 12.1 Å². The molecule has 0 aliphatic rings. The zero-order valence-electron chi connectivity index (χ0n) is 8.35. The Morgan fingerprint density at radius 2 is 2.00 bits per heavy atom. The van der Waals surface area contributed by atoms with Crippen LogP contribution < -0.4 is 10.5 Å². The topological polar surface area (TPSA) is 35.2 Å². The molecule has 0 aliphatic heterocycles. The molecule has 0 saturated heterocycles. The highest BCUT2D eigenvalue weighted by Gasteiger charge is 2.26. The maximum Gasteiger partial charge on any atom is 0.389 e. The summed E-state index contributed by atoms with van der Waals surface area (Å²) in [7, 11) is 0. The van der Waals surface area contributed by atoms with Crippen LogP contribution in [0.4, 0.5) is 18.9 Å². The van der Waals surface area contributed by atoms with E-state index < -0.39 is 12.6 Å². The van der Waals surface area contributed by atoms with Gasteiger partial charge in [-0.25, -0.2) is 0 Å². The van der Waals surface area contributed by atoms with E-state index in [1.165, 1.54) is 0 Å². The lowest BCUT2D eigenvalue weighted by molar-refractivity contribution is -0.136. The van der Waals surface area contributed by atoms with Crippen LogP contribution in [0.1, 0.15) is 12.8 Å². The van der Waals surface area contributed by atoms with Gasteiger partial charge in [-0.05, 0) is 40.5 Å². The standard InChI is InChI=1S/C10H11BrF3NO/c11-8-6-7(15)2-3-9(8)16-5-1-4-10(12,13)14/h2-3,6H,1,4-5,15H2. The Labute approximate surface area is 99.7 Å². The number of hydrogen-bond donors (Lipinski definition) is 1. The molecular formula is C10H11BrF3NO. The van der Waals surface area contributed by atoms with Gasteiger partial charge < -0.3 is 10.5 Å². The van der Waals surface area contributed by atoms with Crippen LogP contribution in [0, 0.1) is 0 Å². The van der Waals surface area contributed by atoms with Gasteiger partial charge in [-0.15, -0.1) is 0 Å². The van der Waals surface area contributed by atoms with E-state index in [1.807, 2.05) is 0 Å². The van der Waals surface area contributed by atoms with Gasteiger partial charge in [0.15, 0.2) is 0 Å². The highest BCUT2D eigenvalue weighted by Crippen LogP contribution is 2.27. The molecule has 0 saturated carbocycles. The number of halogens is 4. The van der Waals surface area contributed by atoms with Crippen LogP contribution >= 0.6 is 15.9 Å². The summed E-state index contributed by atoms with van der Waals surface area (Å²) in [6, 6.07) is 4.88. The second-order valence-electron chi connectivity index (χ2n) is 3.26. The third-order valence-corrected chi connectivity index (χ3v) is 2.44. The van der Waals surface area contributed by atoms with E-state index in [9.17, 15) is 13.2 Å². The molecule has 2 N–H and O–H groups in total. The maximum atomic E-state index is 11.8. The highest BCUT2D eigenvalue weighted by atomic mass is 79.9. The van der Waals surface area contributed by atoms with Crippen molar-refractivity contribution in [3.05, 3.63) is 22.7 Å². The molecule has 0 aliphatic carbocycles. The van der Waals surface area contributed by atoms with Crippen molar-refractivity contribution in [1.29, 1.82) is 0 Å². The fraction of sp³-hybridized carbons (Fsp3) is 0.400. The molecule has 1 rings (SSSR count). The molecule has 0 aromatic heterocycles. The van der Waals surface area contributed by atoms with Crippen LogP contribution in [0.2, 0.25) is 0 Å². The molecule has 1 aromatic carbocycles. The summed E-state index contributed by atoms with van der Waals surface area (Å²) in [5.74, 6) is 0.497. The van der Waals surface area contributed by atoms with Crippen molar-refractivity contribution in [2.45, 2.75) is 19.0 Å². The van der Waals surface area contributed by atoms with Gasteiger partial charge in [0.2, 0.25) is 0 Å². The Morgan fingerprint density at radius 3 is 2.56 bits per heavy atom. The quantitative estimate of drug-likeness (QED) is 0.678. The van der Waals surface area contributed by atoms with E-state index in [0.717, 1.165) is 0 Å². The predicted octanol–water partition coefficient (Wildman–Crippen LogP) is 3.75. The summed E-state index contributed by atoms with van der Waals surface area (Å²) in [4.78, 5) is 0. The molecular weight excluding hydrogens is 287 g/mol. The zero-order chi connectivity index (χ0) is 12.2. The normalized spacial score (nSPS) is 11.5. The molecule has 0 amide bonds. The number of nitrogens with two attached hydrogens (primary N) is 1. The fourth-order valence-electron chi connectivity index (χ4n) is 1.09. The van der Waals surface area contributed by atoms with E-state index in [2.05, 4.69) is 15.9 Å². The Hall–Kier alpha value is -0.910. The Kier molecular flexibility index (Phi) is 4.46. The molecule has 0 unspecified atom stereocenters. The second-order valence-corrected chi connectivity index (χ2v) is 4.11. The zero-order valence-corrected chi connectivity index (χ0v) is 9.94. The lowest BCUT2D eigenvalue weighted by atomic mass is 10.3. The Morgan fingerprint density at radius 1 is 1.31 bits per heavy atom. The average Bonchev–Trinajstić information content (AvgIpc) is 2.13. The average molecular weight is 298 g/mol. The van der Waals surface area contributed by atoms with Crippen LogP contribution in [0.25, 0.3) is 0 Å². The molecule has 0 atom stereocenters. The summed E-state index contributed by atoms with van der Waals surface area (Å²) < 4.78 is 41.3. The van der Waals surface area contributed by atoms with Gasteiger partial charge in [-0.3, -0.25) is 0 Å². The second kappa shape index (κ2) is 5.43. The first-order valence-corrected chi connectivity index (χ1v) is 5.42. The summed E-state index contributed by atoms with van der Waals surface area (Å²) in [5.41, 5.74) is 6.07. The fourth-order valence-corrected chi connectivity index (χ4v) is 1.60. The first-order chi connectivity index (χ1) is 7.38. The molecule has 0 spiro atoms. The van der Waals surface area contributed by atoms with Crippen molar-refractivity contribution in [2.75, 3.05) is 12.3 Å². The van der Waals surface area contributed by atoms with Gasteiger partial charge in [0.25, 0.3) is 0 Å². The highest BCUT2D eigenvalue weighted by molar-refractivity contribution is 9.10. The van der Waals surface area contributed by atoms with E-state index in [4.69, 9.17) is 10.5 Å². The van der Waals surface area contributed by atoms with Gasteiger partial charge in [0.05, 0.1) is 11.1 Å². The minimum atomic E-state index is -4.12. The summed E-state index contributed by atoms with van der Waals surface area (Å²) in [6.45, 7) is 0.0298. The van der Waals surface area contributed by atoms with Crippen molar-refractivity contribution in [3.63, 3.8) is 0 Å². The van der Waals surface area contributed by atoms with Crippen LogP contribution in [-0.2, 0) is 0 Å². The van der Waals surface area contributed by atoms with Crippen LogP contribution in [0.3, 0.4) is 0 Å². The lowest BCUT2D eigenvalue weighted by Gasteiger charge is -2.09. The van der Waals surface area contributed by atoms with Gasteiger partial charge in [-0.2, -0.15) is 13.2 Å². The molecule has 0 radical (unpaired) electrons. The molecule has 90 valence electrons. The predicted molar refractivity (Wildman–Crippen MR) is 59.3 cm³/mol. The van der Waals surface area contributed by atoms with Crippen LogP contribution in [0.5, 0.6) is 5.75 Å². The van der Waals surface area contributed by atoms with Crippen LogP contribution in [0.15, 0.2) is 22.7 Å². The van der Waals surface area contributed by atoms with Crippen molar-refractivity contribution in [2.24, 2.45) is 0 Å². The minimum absolute atomic E-state index is 0.0298. The number of nitrogen functional groups attached to an aromatic ring is 1. The monoisotopic (exact) mass is 297 g/mol. The molecule has 0 heterocycles. The third kappa shape index (κ3) is 4.74. The van der Waals surface area contributed by atoms with E-state index in [1.54, 1.807) is 18.2 Å². The summed E-state index contributed by atoms with van der Waals surface area (Å²) >= 11 is 3.21. The van der Waals surface area contributed by atoms with E-state index in [-0.39, 0.29) is 13.0 Å². The molecule has 0 fully saturated rings. The number of anilines is 1. The first-order valence-electron chi connectivity index (χ1n) is 4.63. The molecule has 0 bridgehead atoms. The smallest absolute Gasteiger partial charge is 0.389 e. The minimum Gasteiger partial charge on any atom is -0.492 e. The molecule has 1 aromatic rings. The van der Waals surface area contributed by atoms with Gasteiger partial charge in [-0.1, -0.05) is 0 Å². The Bertz CT molecular complexity index is 354. The van der Waals surface area contributed by atoms with Crippen molar-refractivity contribution in [3.8, 4) is 5.75 Å². The van der Waals surface area contributed by atoms with Crippen LogP contribution in [-0.4, -0.2) is 12.8 Å². The van der Waals surface area contributed by atoms with Gasteiger partial charge >= 0.3 is 6.18 Å². The summed E-state index contributed by atoms with van der Waals surface area (Å²) in [5, 5.41) is 0. The molecule has 2 nitrogen and oxygen atoms in total. The maximum absolute atomic E-state index is 11.8. The number of alkyl halides is 3. The Balaban J connectivity index is 2.38. The summed E-state index contributed by atoms with van der Waals surface area (Å²) in [6.07, 6.45) is -5.01. The van der Waals surface area contributed by atoms with Crippen molar-refractivity contribution >= 4 is 21.6 Å². The first kappa shape index (κ1) is 13.2. The SMILES string of the molecule is Nc1ccc(OCCCC(F)(F)F)c(Br)c1. The molecule has 6 heteroatoms. The largest absolute Gasteiger partial charge is 0.492 e. The van der Waals surface area contributed by atoms with E-state index >= 15 is 0 Å². The number of rotatable bonds is 4. The van der Waals surface area contributed by atoms with Gasteiger partial charge in [0.1, 0.15) is 5.75 Å². The van der Waals surface area contributed by atoms with Crippen molar-refractivity contribution < 1.29 is 17.9 Å². The lowest BCUT2D eigenvalue weighted by Crippen LogP contribution is -2.09. The third-order valence-electron chi connectivity index (χ3n) is 1.82.